The second kappa shape index (κ2) is 11.2. The average molecular weight is 512 g/mol. The minimum Gasteiger partial charge on any atom is -0.493 e. The number of amides is 1. The predicted octanol–water partition coefficient (Wildman–Crippen LogP) is 5.68. The largest absolute Gasteiger partial charge is 0.493 e. The SMILES string of the molecule is COc1cc(/C=C(\C#N)C(=O)Nc2ccc([N+](=O)[O-])cc2Cl)ccc1OC(=O)c1ccc(Cl)cc1. The van der Waals surface area contributed by atoms with E-state index in [9.17, 15) is 25.0 Å². The van der Waals surface area contributed by atoms with Crippen molar-refractivity contribution in [2.75, 3.05) is 12.4 Å². The third-order valence-corrected chi connectivity index (χ3v) is 5.12. The van der Waals surface area contributed by atoms with Gasteiger partial charge < -0.3 is 14.8 Å². The normalized spacial score (nSPS) is 10.7. The minimum absolute atomic E-state index is 0.0571. The van der Waals surface area contributed by atoms with Crippen molar-refractivity contribution in [1.29, 1.82) is 5.26 Å². The van der Waals surface area contributed by atoms with Gasteiger partial charge in [-0.25, -0.2) is 4.79 Å². The Kier molecular flexibility index (Phi) is 8.04. The lowest BCUT2D eigenvalue weighted by molar-refractivity contribution is -0.384. The van der Waals surface area contributed by atoms with Gasteiger partial charge in [0.05, 0.1) is 28.3 Å². The van der Waals surface area contributed by atoms with Gasteiger partial charge in [0.1, 0.15) is 11.6 Å². The highest BCUT2D eigenvalue weighted by Crippen LogP contribution is 2.30. The molecule has 9 nitrogen and oxygen atoms in total. The summed E-state index contributed by atoms with van der Waals surface area (Å²) in [6.45, 7) is 0. The molecule has 1 N–H and O–H groups in total. The number of methoxy groups -OCH3 is 1. The lowest BCUT2D eigenvalue weighted by Crippen LogP contribution is -2.14. The van der Waals surface area contributed by atoms with E-state index < -0.39 is 16.8 Å². The highest BCUT2D eigenvalue weighted by atomic mass is 35.5. The summed E-state index contributed by atoms with van der Waals surface area (Å²) >= 11 is 11.8. The van der Waals surface area contributed by atoms with Crippen molar-refractivity contribution >= 4 is 52.5 Å². The molecular formula is C24H15Cl2N3O6. The Balaban J connectivity index is 1.79. The van der Waals surface area contributed by atoms with Crippen molar-refractivity contribution in [3.05, 3.63) is 97.5 Å². The van der Waals surface area contributed by atoms with Crippen LogP contribution < -0.4 is 14.8 Å². The summed E-state index contributed by atoms with van der Waals surface area (Å²) in [4.78, 5) is 35.1. The maximum absolute atomic E-state index is 12.6. The number of hydrogen-bond acceptors (Lipinski definition) is 7. The lowest BCUT2D eigenvalue weighted by atomic mass is 10.1. The summed E-state index contributed by atoms with van der Waals surface area (Å²) in [6.07, 6.45) is 1.29. The van der Waals surface area contributed by atoms with Gasteiger partial charge in [-0.1, -0.05) is 29.3 Å². The first-order valence-electron chi connectivity index (χ1n) is 9.74. The van der Waals surface area contributed by atoms with E-state index in [0.717, 1.165) is 6.07 Å². The van der Waals surface area contributed by atoms with Gasteiger partial charge in [0, 0.05) is 17.2 Å². The van der Waals surface area contributed by atoms with E-state index in [1.165, 1.54) is 55.7 Å². The van der Waals surface area contributed by atoms with Crippen molar-refractivity contribution in [2.45, 2.75) is 0 Å². The standard InChI is InChI=1S/C24H15Cl2N3O6/c1-34-22-11-14(2-9-21(22)35-24(31)15-3-5-17(25)6-4-15)10-16(13-27)23(30)28-20-8-7-18(29(32)33)12-19(20)26/h2-12H,1H3,(H,28,30)/b16-10+. The fourth-order valence-corrected chi connectivity index (χ4v) is 3.17. The fraction of sp³-hybridized carbons (Fsp3) is 0.0417. The van der Waals surface area contributed by atoms with Crippen LogP contribution in [0.25, 0.3) is 6.08 Å². The molecule has 0 aliphatic rings. The molecule has 0 saturated heterocycles. The molecule has 3 aromatic carbocycles. The molecule has 3 rings (SSSR count). The Bertz CT molecular complexity index is 1380. The number of benzene rings is 3. The molecule has 176 valence electrons. The minimum atomic E-state index is -0.777. The number of nitro groups is 1. The van der Waals surface area contributed by atoms with Gasteiger partial charge in [-0.2, -0.15) is 5.26 Å². The van der Waals surface area contributed by atoms with Crippen LogP contribution in [0.4, 0.5) is 11.4 Å². The number of nitro benzene ring substituents is 1. The number of nitrogens with zero attached hydrogens (tertiary/aromatic N) is 2. The highest BCUT2D eigenvalue weighted by Gasteiger charge is 2.16. The first-order chi connectivity index (χ1) is 16.7. The Morgan fingerprint density at radius 3 is 2.37 bits per heavy atom. The third-order valence-electron chi connectivity index (χ3n) is 4.56. The average Bonchev–Trinajstić information content (AvgIpc) is 2.84. The number of nitrogens with one attached hydrogen (secondary N) is 1. The monoisotopic (exact) mass is 511 g/mol. The maximum atomic E-state index is 12.6. The first kappa shape index (κ1) is 25.2. The second-order valence-corrected chi connectivity index (χ2v) is 7.70. The van der Waals surface area contributed by atoms with Crippen LogP contribution in [-0.4, -0.2) is 23.9 Å². The second-order valence-electron chi connectivity index (χ2n) is 6.85. The van der Waals surface area contributed by atoms with Crippen molar-refractivity contribution in [1.82, 2.24) is 0 Å². The van der Waals surface area contributed by atoms with E-state index in [1.54, 1.807) is 18.2 Å². The quantitative estimate of drug-likeness (QED) is 0.108. The number of hydrogen-bond donors (Lipinski definition) is 1. The molecule has 0 radical (unpaired) electrons. The summed E-state index contributed by atoms with van der Waals surface area (Å²) in [5, 5.41) is 23.1. The van der Waals surface area contributed by atoms with E-state index in [1.807, 2.05) is 0 Å². The number of carbonyl (C=O) groups is 2. The summed E-state index contributed by atoms with van der Waals surface area (Å²) in [5.74, 6) is -1.08. The van der Waals surface area contributed by atoms with Crippen LogP contribution in [0.2, 0.25) is 10.0 Å². The third kappa shape index (κ3) is 6.35. The summed E-state index contributed by atoms with van der Waals surface area (Å²) in [7, 11) is 1.37. The summed E-state index contributed by atoms with van der Waals surface area (Å²) in [5.41, 5.74) is 0.286. The zero-order chi connectivity index (χ0) is 25.5. The van der Waals surface area contributed by atoms with Gasteiger partial charge in [-0.3, -0.25) is 14.9 Å². The first-order valence-corrected chi connectivity index (χ1v) is 10.5. The lowest BCUT2D eigenvalue weighted by Gasteiger charge is -2.10. The molecule has 0 unspecified atom stereocenters. The van der Waals surface area contributed by atoms with E-state index in [2.05, 4.69) is 5.32 Å². The number of halogens is 2. The molecule has 0 aliphatic carbocycles. The van der Waals surface area contributed by atoms with Crippen molar-refractivity contribution in [3.8, 4) is 17.6 Å². The van der Waals surface area contributed by atoms with Crippen LogP contribution >= 0.6 is 23.2 Å². The number of ether oxygens (including phenoxy) is 2. The van der Waals surface area contributed by atoms with Gasteiger partial charge in [0.25, 0.3) is 11.6 Å². The molecule has 0 saturated carbocycles. The van der Waals surface area contributed by atoms with E-state index in [0.29, 0.717) is 10.6 Å². The molecule has 0 bridgehead atoms. The van der Waals surface area contributed by atoms with Crippen molar-refractivity contribution in [3.63, 3.8) is 0 Å². The molecule has 0 aliphatic heterocycles. The van der Waals surface area contributed by atoms with Crippen LogP contribution in [0, 0.1) is 21.4 Å². The molecule has 0 atom stereocenters. The zero-order valence-corrected chi connectivity index (χ0v) is 19.5. The maximum Gasteiger partial charge on any atom is 0.343 e. The van der Waals surface area contributed by atoms with Gasteiger partial charge in [0.15, 0.2) is 11.5 Å². The molecule has 0 spiro atoms. The number of esters is 1. The Hall–Kier alpha value is -4.39. The van der Waals surface area contributed by atoms with Crippen LogP contribution in [0.1, 0.15) is 15.9 Å². The Morgan fingerprint density at radius 1 is 1.06 bits per heavy atom. The van der Waals surface area contributed by atoms with Crippen LogP contribution in [0.3, 0.4) is 0 Å². The number of rotatable bonds is 7. The van der Waals surface area contributed by atoms with Crippen LogP contribution in [0.15, 0.2) is 66.2 Å². The Labute approximate surface area is 209 Å². The Morgan fingerprint density at radius 2 is 1.77 bits per heavy atom. The fourth-order valence-electron chi connectivity index (χ4n) is 2.83. The van der Waals surface area contributed by atoms with Crippen LogP contribution in [0.5, 0.6) is 11.5 Å². The van der Waals surface area contributed by atoms with Gasteiger partial charge in [-0.05, 0) is 54.1 Å². The van der Waals surface area contributed by atoms with Crippen LogP contribution in [-0.2, 0) is 4.79 Å². The number of non-ortho nitro benzene ring substituents is 1. The molecule has 0 heterocycles. The number of nitriles is 1. The van der Waals surface area contributed by atoms with Gasteiger partial charge >= 0.3 is 5.97 Å². The van der Waals surface area contributed by atoms with Crippen molar-refractivity contribution < 1.29 is 24.0 Å². The number of carbonyl (C=O) groups excluding carboxylic acids is 2. The van der Waals surface area contributed by atoms with E-state index in [-0.39, 0.29) is 39.0 Å². The molecule has 3 aromatic rings. The molecule has 35 heavy (non-hydrogen) atoms. The molecule has 1 amide bonds. The smallest absolute Gasteiger partial charge is 0.343 e. The molecule has 11 heteroatoms. The summed E-state index contributed by atoms with van der Waals surface area (Å²) < 4.78 is 10.7. The van der Waals surface area contributed by atoms with E-state index in [4.69, 9.17) is 32.7 Å². The predicted molar refractivity (Wildman–Crippen MR) is 130 cm³/mol. The van der Waals surface area contributed by atoms with Gasteiger partial charge in [0.2, 0.25) is 0 Å². The molecular weight excluding hydrogens is 497 g/mol. The van der Waals surface area contributed by atoms with Crippen molar-refractivity contribution in [2.24, 2.45) is 0 Å². The van der Waals surface area contributed by atoms with E-state index >= 15 is 0 Å². The topological polar surface area (TPSA) is 132 Å². The number of anilines is 1. The van der Waals surface area contributed by atoms with Gasteiger partial charge in [-0.15, -0.1) is 0 Å². The zero-order valence-electron chi connectivity index (χ0n) is 18.0. The molecule has 0 fully saturated rings. The molecule has 0 aromatic heterocycles. The summed E-state index contributed by atoms with van der Waals surface area (Å²) in [6, 6.07) is 15.9. The highest BCUT2D eigenvalue weighted by molar-refractivity contribution is 6.34.